The van der Waals surface area contributed by atoms with Crippen LogP contribution in [0.4, 0.5) is 0 Å². The topological polar surface area (TPSA) is 65.5 Å². The maximum atomic E-state index is 11.5. The maximum Gasteiger partial charge on any atom is 0.340 e. The van der Waals surface area contributed by atoms with E-state index in [4.69, 9.17) is 0 Å². The van der Waals surface area contributed by atoms with Gasteiger partial charge >= 0.3 is 11.9 Å². The van der Waals surface area contributed by atoms with Gasteiger partial charge in [-0.15, -0.1) is 0 Å². The van der Waals surface area contributed by atoms with E-state index in [1.807, 2.05) is 0 Å². The summed E-state index contributed by atoms with van der Waals surface area (Å²) in [5.74, 6) is -1.06. The van der Waals surface area contributed by atoms with Crippen molar-refractivity contribution in [3.05, 3.63) is 35.7 Å². The zero-order valence-electron chi connectivity index (χ0n) is 9.89. The molecule has 0 aromatic carbocycles. The van der Waals surface area contributed by atoms with E-state index in [-0.39, 0.29) is 5.56 Å². The molecule has 0 aliphatic rings. The third-order valence-electron chi connectivity index (χ3n) is 2.21. The van der Waals surface area contributed by atoms with E-state index >= 15 is 0 Å². The number of carbonyl (C=O) groups excluding carboxylic acids is 2. The molecule has 0 amide bonds. The van der Waals surface area contributed by atoms with E-state index in [1.165, 1.54) is 26.6 Å². The Morgan fingerprint density at radius 2 is 1.94 bits per heavy atom. The molecular weight excluding hydrogens is 222 g/mol. The minimum absolute atomic E-state index is 0.230. The molecule has 1 heterocycles. The maximum absolute atomic E-state index is 11.5. The molecule has 0 unspecified atom stereocenters. The number of hydrogen-bond donors (Lipinski definition) is 0. The first kappa shape index (κ1) is 12.9. The van der Waals surface area contributed by atoms with Gasteiger partial charge in [-0.25, -0.2) is 9.59 Å². The molecule has 0 fully saturated rings. The van der Waals surface area contributed by atoms with Crippen molar-refractivity contribution >= 4 is 17.5 Å². The highest BCUT2D eigenvalue weighted by Crippen LogP contribution is 2.20. The number of allylic oxidation sites excluding steroid dienone is 1. The summed E-state index contributed by atoms with van der Waals surface area (Å²) in [6.07, 6.45) is 4.43. The van der Waals surface area contributed by atoms with Crippen LogP contribution in [0.5, 0.6) is 0 Å². The van der Waals surface area contributed by atoms with Crippen LogP contribution in [-0.2, 0) is 14.3 Å². The van der Waals surface area contributed by atoms with Crippen LogP contribution in [0.3, 0.4) is 0 Å². The van der Waals surface area contributed by atoms with E-state index in [0.29, 0.717) is 11.1 Å². The summed E-state index contributed by atoms with van der Waals surface area (Å²) in [6, 6.07) is 1.57. The summed E-state index contributed by atoms with van der Waals surface area (Å²) < 4.78 is 9.27. The van der Waals surface area contributed by atoms with Gasteiger partial charge < -0.3 is 9.47 Å². The largest absolute Gasteiger partial charge is 0.465 e. The van der Waals surface area contributed by atoms with Gasteiger partial charge in [0.15, 0.2) is 0 Å². The van der Waals surface area contributed by atoms with Gasteiger partial charge in [0.2, 0.25) is 0 Å². The Morgan fingerprint density at radius 1 is 1.24 bits per heavy atom. The standard InChI is InChI=1S/C12H13NO4/c1-4-8(11(14)16-2)9-5-6-13-7-10(9)12(15)17-3/h4-7H,1-3H3. The van der Waals surface area contributed by atoms with Crippen molar-refractivity contribution in [3.8, 4) is 0 Å². The highest BCUT2D eigenvalue weighted by molar-refractivity contribution is 6.18. The first-order valence-corrected chi connectivity index (χ1v) is 4.93. The van der Waals surface area contributed by atoms with Gasteiger partial charge in [-0.3, -0.25) is 4.98 Å². The predicted molar refractivity (Wildman–Crippen MR) is 61.2 cm³/mol. The number of hydrogen-bond acceptors (Lipinski definition) is 5. The zero-order valence-corrected chi connectivity index (χ0v) is 9.89. The number of rotatable bonds is 3. The Labute approximate surface area is 99.1 Å². The fourth-order valence-corrected chi connectivity index (χ4v) is 1.40. The van der Waals surface area contributed by atoms with Crippen LogP contribution in [0.25, 0.3) is 5.57 Å². The number of methoxy groups -OCH3 is 2. The second-order valence-electron chi connectivity index (χ2n) is 3.11. The van der Waals surface area contributed by atoms with Gasteiger partial charge in [0.05, 0.1) is 25.4 Å². The molecule has 5 heteroatoms. The normalized spacial score (nSPS) is 10.9. The van der Waals surface area contributed by atoms with Crippen molar-refractivity contribution in [2.24, 2.45) is 0 Å². The Bertz CT molecular complexity index is 465. The summed E-state index contributed by atoms with van der Waals surface area (Å²) in [6.45, 7) is 1.69. The molecule has 90 valence electrons. The molecule has 5 nitrogen and oxygen atoms in total. The summed E-state index contributed by atoms with van der Waals surface area (Å²) in [4.78, 5) is 26.9. The van der Waals surface area contributed by atoms with Crippen LogP contribution in [0, 0.1) is 0 Å². The minimum Gasteiger partial charge on any atom is -0.465 e. The number of aromatic nitrogens is 1. The highest BCUT2D eigenvalue weighted by Gasteiger charge is 2.19. The first-order chi connectivity index (χ1) is 8.15. The van der Waals surface area contributed by atoms with Crippen LogP contribution in [0.2, 0.25) is 0 Å². The molecule has 0 atom stereocenters. The van der Waals surface area contributed by atoms with Crippen molar-refractivity contribution in [1.82, 2.24) is 4.98 Å². The molecule has 17 heavy (non-hydrogen) atoms. The minimum atomic E-state index is -0.545. The zero-order chi connectivity index (χ0) is 12.8. The van der Waals surface area contributed by atoms with Crippen LogP contribution in [0.15, 0.2) is 24.5 Å². The lowest BCUT2D eigenvalue weighted by Crippen LogP contribution is -2.10. The van der Waals surface area contributed by atoms with Crippen molar-refractivity contribution in [2.45, 2.75) is 6.92 Å². The lowest BCUT2D eigenvalue weighted by Gasteiger charge is -2.09. The third-order valence-corrected chi connectivity index (χ3v) is 2.21. The Kier molecular flexibility index (Phi) is 4.39. The van der Waals surface area contributed by atoms with E-state index in [1.54, 1.807) is 19.1 Å². The van der Waals surface area contributed by atoms with Crippen molar-refractivity contribution < 1.29 is 19.1 Å². The predicted octanol–water partition coefficient (Wildman–Crippen LogP) is 1.44. The monoisotopic (exact) mass is 235 g/mol. The van der Waals surface area contributed by atoms with Crippen LogP contribution in [0.1, 0.15) is 22.8 Å². The molecule has 0 aliphatic carbocycles. The lowest BCUT2D eigenvalue weighted by atomic mass is 10.0. The third kappa shape index (κ3) is 2.69. The summed E-state index contributed by atoms with van der Waals surface area (Å²) in [7, 11) is 2.55. The molecule has 0 aliphatic heterocycles. The Hall–Kier alpha value is -2.17. The van der Waals surface area contributed by atoms with E-state index in [9.17, 15) is 9.59 Å². The Morgan fingerprint density at radius 3 is 2.47 bits per heavy atom. The number of nitrogens with zero attached hydrogens (tertiary/aromatic N) is 1. The molecule has 0 bridgehead atoms. The van der Waals surface area contributed by atoms with E-state index < -0.39 is 11.9 Å². The second kappa shape index (κ2) is 5.79. The van der Waals surface area contributed by atoms with Gasteiger partial charge in [-0.05, 0) is 13.0 Å². The lowest BCUT2D eigenvalue weighted by molar-refractivity contribution is -0.133. The quantitative estimate of drug-likeness (QED) is 0.586. The van der Waals surface area contributed by atoms with Gasteiger partial charge in [-0.1, -0.05) is 6.08 Å². The SMILES string of the molecule is CC=C(C(=O)OC)c1ccncc1C(=O)OC. The first-order valence-electron chi connectivity index (χ1n) is 4.93. The molecule has 1 rings (SSSR count). The summed E-state index contributed by atoms with van der Waals surface area (Å²) >= 11 is 0. The molecule has 0 spiro atoms. The average molecular weight is 235 g/mol. The van der Waals surface area contributed by atoms with Crippen LogP contribution < -0.4 is 0 Å². The van der Waals surface area contributed by atoms with Crippen molar-refractivity contribution in [2.75, 3.05) is 14.2 Å². The molecule has 0 N–H and O–H groups in total. The van der Waals surface area contributed by atoms with Gasteiger partial charge in [0.25, 0.3) is 0 Å². The van der Waals surface area contributed by atoms with Crippen LogP contribution >= 0.6 is 0 Å². The van der Waals surface area contributed by atoms with Gasteiger partial charge in [-0.2, -0.15) is 0 Å². The highest BCUT2D eigenvalue weighted by atomic mass is 16.5. The molecule has 0 saturated carbocycles. The van der Waals surface area contributed by atoms with Crippen molar-refractivity contribution in [3.63, 3.8) is 0 Å². The number of esters is 2. The molecule has 1 aromatic rings. The van der Waals surface area contributed by atoms with Crippen molar-refractivity contribution in [1.29, 1.82) is 0 Å². The van der Waals surface area contributed by atoms with Gasteiger partial charge in [0.1, 0.15) is 0 Å². The second-order valence-corrected chi connectivity index (χ2v) is 3.11. The summed E-state index contributed by atoms with van der Waals surface area (Å²) in [5, 5.41) is 0. The average Bonchev–Trinajstić information content (AvgIpc) is 2.39. The molecule has 1 aromatic heterocycles. The molecule has 0 radical (unpaired) electrons. The summed E-state index contributed by atoms with van der Waals surface area (Å²) in [5.41, 5.74) is 0.977. The fourth-order valence-electron chi connectivity index (χ4n) is 1.40. The van der Waals surface area contributed by atoms with Crippen LogP contribution in [-0.4, -0.2) is 31.1 Å². The molecule has 0 saturated heterocycles. The van der Waals surface area contributed by atoms with E-state index in [0.717, 1.165) is 0 Å². The number of ether oxygens (including phenoxy) is 2. The number of pyridine rings is 1. The molecular formula is C12H13NO4. The van der Waals surface area contributed by atoms with Gasteiger partial charge in [0, 0.05) is 18.0 Å². The van der Waals surface area contributed by atoms with E-state index in [2.05, 4.69) is 14.5 Å². The number of carbonyl (C=O) groups is 2. The smallest absolute Gasteiger partial charge is 0.340 e. The Balaban J connectivity index is 3.30. The fraction of sp³-hybridized carbons (Fsp3) is 0.250.